The molecule has 0 aliphatic rings. The average Bonchev–Trinajstić information content (AvgIpc) is 2.67. The van der Waals surface area contributed by atoms with Gasteiger partial charge in [-0.1, -0.05) is 36.4 Å². The third kappa shape index (κ3) is 5.14. The highest BCUT2D eigenvalue weighted by molar-refractivity contribution is 5.83. The quantitative estimate of drug-likeness (QED) is 0.654. The summed E-state index contributed by atoms with van der Waals surface area (Å²) in [6, 6.07) is 19.3. The minimum absolute atomic E-state index is 0.193. The van der Waals surface area contributed by atoms with Gasteiger partial charge in [-0.25, -0.2) is 4.98 Å². The van der Waals surface area contributed by atoms with Gasteiger partial charge in [0, 0.05) is 5.39 Å². The molecule has 3 aromatic rings. The molecule has 0 radical (unpaired) electrons. The Morgan fingerprint density at radius 3 is 2.56 bits per heavy atom. The number of aromatic nitrogens is 1. The maximum atomic E-state index is 12.0. The zero-order chi connectivity index (χ0) is 19.3. The zero-order valence-electron chi connectivity index (χ0n) is 15.4. The van der Waals surface area contributed by atoms with Crippen molar-refractivity contribution in [3.05, 3.63) is 71.9 Å². The summed E-state index contributed by atoms with van der Waals surface area (Å²) in [5.74, 6) is 0.517. The van der Waals surface area contributed by atoms with E-state index in [-0.39, 0.29) is 12.3 Å². The van der Waals surface area contributed by atoms with Crippen LogP contribution in [-0.4, -0.2) is 22.7 Å². The lowest BCUT2D eigenvalue weighted by atomic mass is 10.1. The molecule has 0 saturated carbocycles. The number of amides is 1. The number of carbonyl (C=O) groups is 2. The highest BCUT2D eigenvalue weighted by Crippen LogP contribution is 2.16. The fourth-order valence-corrected chi connectivity index (χ4v) is 2.67. The molecule has 1 aromatic heterocycles. The number of nitrogens with one attached hydrogen (secondary N) is 1. The highest BCUT2D eigenvalue weighted by Gasteiger charge is 2.19. The molecule has 2 aromatic carbocycles. The third-order valence-corrected chi connectivity index (χ3v) is 4.09. The predicted octanol–water partition coefficient (Wildman–Crippen LogP) is 3.45. The van der Waals surface area contributed by atoms with E-state index in [0.29, 0.717) is 12.4 Å². The molecular formula is C22H22N2O3. The second kappa shape index (κ2) is 7.99. The van der Waals surface area contributed by atoms with Gasteiger partial charge < -0.3 is 14.8 Å². The molecule has 1 heterocycles. The normalized spacial score (nSPS) is 11.2. The van der Waals surface area contributed by atoms with Crippen molar-refractivity contribution in [3.8, 4) is 5.75 Å². The highest BCUT2D eigenvalue weighted by atomic mass is 16.5. The van der Waals surface area contributed by atoms with Gasteiger partial charge in [-0.05, 0) is 43.7 Å². The predicted molar refractivity (Wildman–Crippen MR) is 105 cm³/mol. The second-order valence-electron chi connectivity index (χ2n) is 6.99. The molecule has 1 amide bonds. The number of para-hydroxylation sites is 1. The van der Waals surface area contributed by atoms with Crippen molar-refractivity contribution in [2.24, 2.45) is 0 Å². The molecule has 5 nitrogen and oxygen atoms in total. The smallest absolute Gasteiger partial charge is 0.225 e. The fourth-order valence-electron chi connectivity index (χ4n) is 2.67. The van der Waals surface area contributed by atoms with E-state index >= 15 is 0 Å². The van der Waals surface area contributed by atoms with Gasteiger partial charge in [0.05, 0.1) is 23.2 Å². The van der Waals surface area contributed by atoms with E-state index in [0.717, 1.165) is 28.4 Å². The Morgan fingerprint density at radius 1 is 1.07 bits per heavy atom. The Balaban J connectivity index is 1.57. The van der Waals surface area contributed by atoms with Crippen molar-refractivity contribution >= 4 is 23.1 Å². The topological polar surface area (TPSA) is 68.3 Å². The summed E-state index contributed by atoms with van der Waals surface area (Å²) in [6.07, 6.45) is 0.937. The van der Waals surface area contributed by atoms with Crippen molar-refractivity contribution in [1.82, 2.24) is 10.3 Å². The summed E-state index contributed by atoms with van der Waals surface area (Å²) in [6.45, 7) is 3.70. The van der Waals surface area contributed by atoms with E-state index in [9.17, 15) is 9.59 Å². The van der Waals surface area contributed by atoms with Crippen LogP contribution in [0.2, 0.25) is 0 Å². The summed E-state index contributed by atoms with van der Waals surface area (Å²) in [5, 5.41) is 3.78. The Bertz CT molecular complexity index is 949. The van der Waals surface area contributed by atoms with Crippen molar-refractivity contribution in [1.29, 1.82) is 0 Å². The molecule has 0 unspecified atom stereocenters. The van der Waals surface area contributed by atoms with Gasteiger partial charge in [-0.2, -0.15) is 0 Å². The first-order valence-electron chi connectivity index (χ1n) is 8.79. The molecule has 0 aliphatic carbocycles. The molecule has 138 valence electrons. The van der Waals surface area contributed by atoms with E-state index in [4.69, 9.17) is 4.74 Å². The average molecular weight is 362 g/mol. The fraction of sp³-hybridized carbons (Fsp3) is 0.227. The van der Waals surface area contributed by atoms with Crippen molar-refractivity contribution in [3.63, 3.8) is 0 Å². The summed E-state index contributed by atoms with van der Waals surface area (Å²) >= 11 is 0. The lowest BCUT2D eigenvalue weighted by Crippen LogP contribution is -2.45. The van der Waals surface area contributed by atoms with Crippen LogP contribution < -0.4 is 10.1 Å². The van der Waals surface area contributed by atoms with Gasteiger partial charge in [0.15, 0.2) is 0 Å². The van der Waals surface area contributed by atoms with Gasteiger partial charge in [-0.15, -0.1) is 0 Å². The number of hydrogen-bond donors (Lipinski definition) is 1. The molecule has 0 fully saturated rings. The van der Waals surface area contributed by atoms with Gasteiger partial charge in [0.25, 0.3) is 0 Å². The number of pyridine rings is 1. The number of fused-ring (bicyclic) bond motifs is 1. The van der Waals surface area contributed by atoms with Gasteiger partial charge in [0.1, 0.15) is 18.6 Å². The number of nitrogens with zero attached hydrogens (tertiary/aromatic N) is 1. The Kier molecular flexibility index (Phi) is 5.50. The van der Waals surface area contributed by atoms with E-state index in [1.54, 1.807) is 13.8 Å². The van der Waals surface area contributed by atoms with Gasteiger partial charge in [-0.3, -0.25) is 4.79 Å². The van der Waals surface area contributed by atoms with Gasteiger partial charge in [0.2, 0.25) is 5.91 Å². The Hall–Kier alpha value is -3.21. The molecule has 27 heavy (non-hydrogen) atoms. The summed E-state index contributed by atoms with van der Waals surface area (Å²) in [5.41, 5.74) is 1.80. The van der Waals surface area contributed by atoms with Crippen molar-refractivity contribution in [2.75, 3.05) is 0 Å². The number of carbonyl (C=O) groups excluding carboxylic acids is 2. The second-order valence-corrected chi connectivity index (χ2v) is 6.99. The first-order chi connectivity index (χ1) is 12.9. The number of benzene rings is 2. The summed E-state index contributed by atoms with van der Waals surface area (Å²) < 4.78 is 5.79. The van der Waals surface area contributed by atoms with E-state index in [2.05, 4.69) is 10.3 Å². The minimum atomic E-state index is -0.854. The van der Waals surface area contributed by atoms with Crippen LogP contribution in [0.4, 0.5) is 0 Å². The third-order valence-electron chi connectivity index (χ3n) is 4.09. The number of aldehydes is 1. The van der Waals surface area contributed by atoms with Crippen LogP contribution in [0.1, 0.15) is 25.1 Å². The van der Waals surface area contributed by atoms with Crippen LogP contribution >= 0.6 is 0 Å². The van der Waals surface area contributed by atoms with Crippen LogP contribution in [0.25, 0.3) is 10.9 Å². The van der Waals surface area contributed by atoms with Crippen LogP contribution in [0.5, 0.6) is 5.75 Å². The van der Waals surface area contributed by atoms with E-state index in [1.807, 2.05) is 60.7 Å². The SMILES string of the molecule is CC(C)(C=O)NC(=O)Cc1ccc(OCc2ccc3ccccc3n2)cc1. The summed E-state index contributed by atoms with van der Waals surface area (Å²) in [4.78, 5) is 27.4. The first-order valence-corrected chi connectivity index (χ1v) is 8.79. The van der Waals surface area contributed by atoms with Crippen molar-refractivity contribution < 1.29 is 14.3 Å². The van der Waals surface area contributed by atoms with Gasteiger partial charge >= 0.3 is 0 Å². The van der Waals surface area contributed by atoms with Crippen LogP contribution in [0.15, 0.2) is 60.7 Å². The van der Waals surface area contributed by atoms with E-state index < -0.39 is 5.54 Å². The van der Waals surface area contributed by atoms with Crippen LogP contribution in [0, 0.1) is 0 Å². The van der Waals surface area contributed by atoms with Crippen LogP contribution in [0.3, 0.4) is 0 Å². The standard InChI is InChI=1S/C22H22N2O3/c1-22(2,15-25)24-21(26)13-16-7-11-19(12-8-16)27-14-18-10-9-17-5-3-4-6-20(17)23-18/h3-12,15H,13-14H2,1-2H3,(H,24,26). The summed E-state index contributed by atoms with van der Waals surface area (Å²) in [7, 11) is 0. The molecular weight excluding hydrogens is 340 g/mol. The van der Waals surface area contributed by atoms with E-state index in [1.165, 1.54) is 0 Å². The number of hydrogen-bond acceptors (Lipinski definition) is 4. The molecule has 0 atom stereocenters. The minimum Gasteiger partial charge on any atom is -0.487 e. The molecule has 0 saturated heterocycles. The molecule has 0 aliphatic heterocycles. The lowest BCUT2D eigenvalue weighted by molar-refractivity contribution is -0.125. The maximum absolute atomic E-state index is 12.0. The molecule has 0 spiro atoms. The number of rotatable bonds is 7. The molecule has 0 bridgehead atoms. The number of ether oxygens (including phenoxy) is 1. The largest absolute Gasteiger partial charge is 0.487 e. The molecule has 5 heteroatoms. The maximum Gasteiger partial charge on any atom is 0.225 e. The van der Waals surface area contributed by atoms with Crippen LogP contribution in [-0.2, 0) is 22.6 Å². The molecule has 3 rings (SSSR count). The monoisotopic (exact) mass is 362 g/mol. The Labute approximate surface area is 158 Å². The zero-order valence-corrected chi connectivity index (χ0v) is 15.4. The lowest BCUT2D eigenvalue weighted by Gasteiger charge is -2.18. The molecule has 1 N–H and O–H groups in total. The van der Waals surface area contributed by atoms with Crippen molar-refractivity contribution in [2.45, 2.75) is 32.4 Å². The Morgan fingerprint density at radius 2 is 1.81 bits per heavy atom. The first kappa shape index (κ1) is 18.6.